The summed E-state index contributed by atoms with van der Waals surface area (Å²) in [5.41, 5.74) is 0.393. The number of amides is 1. The smallest absolute Gasteiger partial charge is 0.261 e. The second kappa shape index (κ2) is 7.71. The molecular formula is C14H17N3O4S. The lowest BCUT2D eigenvalue weighted by atomic mass is 10.2. The first kappa shape index (κ1) is 16.2. The van der Waals surface area contributed by atoms with Gasteiger partial charge in [0.05, 0.1) is 19.8 Å². The van der Waals surface area contributed by atoms with Gasteiger partial charge < -0.3 is 14.2 Å². The molecule has 0 saturated carbocycles. The van der Waals surface area contributed by atoms with E-state index >= 15 is 0 Å². The van der Waals surface area contributed by atoms with Crippen LogP contribution >= 0.6 is 11.3 Å². The molecule has 0 saturated heterocycles. The fourth-order valence-electron chi connectivity index (χ4n) is 1.70. The van der Waals surface area contributed by atoms with Crippen LogP contribution in [0.5, 0.6) is 11.5 Å². The molecule has 0 aliphatic heterocycles. The highest BCUT2D eigenvalue weighted by Crippen LogP contribution is 2.26. The van der Waals surface area contributed by atoms with Crippen molar-refractivity contribution in [2.45, 2.75) is 13.5 Å². The minimum Gasteiger partial charge on any atom is -0.497 e. The Morgan fingerprint density at radius 2 is 2.09 bits per heavy atom. The van der Waals surface area contributed by atoms with Crippen LogP contribution in [0.1, 0.15) is 22.3 Å². The molecule has 1 N–H and O–H groups in total. The zero-order valence-electron chi connectivity index (χ0n) is 12.6. The van der Waals surface area contributed by atoms with E-state index in [2.05, 4.69) is 15.5 Å². The average molecular weight is 323 g/mol. The average Bonchev–Trinajstić information content (AvgIpc) is 2.99. The van der Waals surface area contributed by atoms with Crippen LogP contribution in [0.3, 0.4) is 0 Å². The zero-order valence-corrected chi connectivity index (χ0v) is 13.4. The van der Waals surface area contributed by atoms with Gasteiger partial charge in [-0.1, -0.05) is 11.3 Å². The van der Waals surface area contributed by atoms with Gasteiger partial charge in [0, 0.05) is 12.7 Å². The lowest BCUT2D eigenvalue weighted by Gasteiger charge is -2.09. The van der Waals surface area contributed by atoms with Gasteiger partial charge in [0.1, 0.15) is 23.1 Å². The highest BCUT2D eigenvalue weighted by molar-refractivity contribution is 7.15. The Balaban J connectivity index is 2.10. The fraction of sp³-hybridized carbons (Fsp3) is 0.357. The lowest BCUT2D eigenvalue weighted by molar-refractivity contribution is 0.102. The van der Waals surface area contributed by atoms with E-state index in [1.165, 1.54) is 18.4 Å². The zero-order chi connectivity index (χ0) is 15.9. The van der Waals surface area contributed by atoms with E-state index in [4.69, 9.17) is 14.2 Å². The quantitative estimate of drug-likeness (QED) is 0.842. The Morgan fingerprint density at radius 1 is 1.27 bits per heavy atom. The predicted octanol–water partition coefficient (Wildman–Crippen LogP) is 2.34. The summed E-state index contributed by atoms with van der Waals surface area (Å²) in [6.07, 6.45) is 0. The third kappa shape index (κ3) is 3.92. The van der Waals surface area contributed by atoms with Gasteiger partial charge in [-0.05, 0) is 19.1 Å². The van der Waals surface area contributed by atoms with Crippen molar-refractivity contribution in [1.29, 1.82) is 0 Å². The number of methoxy groups -OCH3 is 2. The van der Waals surface area contributed by atoms with Crippen LogP contribution < -0.4 is 14.8 Å². The molecule has 0 bridgehead atoms. The van der Waals surface area contributed by atoms with Crippen molar-refractivity contribution in [3.05, 3.63) is 28.8 Å². The van der Waals surface area contributed by atoms with Crippen LogP contribution in [0, 0.1) is 0 Å². The van der Waals surface area contributed by atoms with Gasteiger partial charge in [0.2, 0.25) is 5.13 Å². The van der Waals surface area contributed by atoms with E-state index in [-0.39, 0.29) is 5.91 Å². The van der Waals surface area contributed by atoms with E-state index in [9.17, 15) is 4.79 Å². The minimum atomic E-state index is -0.321. The van der Waals surface area contributed by atoms with Crippen molar-refractivity contribution >= 4 is 22.4 Å². The van der Waals surface area contributed by atoms with Crippen LogP contribution in [-0.4, -0.2) is 36.9 Å². The summed E-state index contributed by atoms with van der Waals surface area (Å²) < 4.78 is 15.6. The van der Waals surface area contributed by atoms with Crippen molar-refractivity contribution in [2.75, 3.05) is 26.1 Å². The molecule has 1 aromatic heterocycles. The number of hydrogen-bond acceptors (Lipinski definition) is 7. The molecule has 8 heteroatoms. The molecule has 1 aromatic carbocycles. The molecule has 0 radical (unpaired) electrons. The Bertz CT molecular complexity index is 645. The number of anilines is 1. The summed E-state index contributed by atoms with van der Waals surface area (Å²) in [5, 5.41) is 11.7. The molecule has 0 unspecified atom stereocenters. The molecule has 0 spiro atoms. The van der Waals surface area contributed by atoms with Gasteiger partial charge in [-0.3, -0.25) is 10.1 Å². The maximum absolute atomic E-state index is 12.3. The summed E-state index contributed by atoms with van der Waals surface area (Å²) in [5.74, 6) is 0.720. The lowest BCUT2D eigenvalue weighted by Crippen LogP contribution is -2.13. The topological polar surface area (TPSA) is 82.6 Å². The van der Waals surface area contributed by atoms with Crippen molar-refractivity contribution in [3.8, 4) is 11.5 Å². The normalized spacial score (nSPS) is 10.3. The van der Waals surface area contributed by atoms with Crippen LogP contribution in [-0.2, 0) is 11.3 Å². The summed E-state index contributed by atoms with van der Waals surface area (Å²) in [6.45, 7) is 2.89. The molecule has 22 heavy (non-hydrogen) atoms. The minimum absolute atomic E-state index is 0.321. The first-order chi connectivity index (χ1) is 10.7. The van der Waals surface area contributed by atoms with E-state index in [0.717, 1.165) is 0 Å². The number of benzene rings is 1. The molecule has 0 aliphatic carbocycles. The van der Waals surface area contributed by atoms with Crippen molar-refractivity contribution in [2.24, 2.45) is 0 Å². The number of hydrogen-bond donors (Lipinski definition) is 1. The standard InChI is InChI=1S/C14H17N3O4S/c1-4-21-8-12-16-17-14(22-12)15-13(18)10-6-5-9(19-2)7-11(10)20-3/h5-7H,4,8H2,1-3H3,(H,15,17,18). The Morgan fingerprint density at radius 3 is 2.77 bits per heavy atom. The van der Waals surface area contributed by atoms with Crippen molar-refractivity contribution in [1.82, 2.24) is 10.2 Å². The molecular weight excluding hydrogens is 306 g/mol. The second-order valence-electron chi connectivity index (χ2n) is 4.16. The fourth-order valence-corrected chi connectivity index (χ4v) is 2.37. The van der Waals surface area contributed by atoms with Crippen LogP contribution in [0.25, 0.3) is 0 Å². The highest BCUT2D eigenvalue weighted by Gasteiger charge is 2.15. The molecule has 0 atom stereocenters. The van der Waals surface area contributed by atoms with Gasteiger partial charge in [-0.15, -0.1) is 10.2 Å². The van der Waals surface area contributed by atoms with E-state index in [0.29, 0.717) is 40.4 Å². The Hall–Kier alpha value is -2.19. The third-order valence-corrected chi connectivity index (χ3v) is 3.58. The first-order valence-corrected chi connectivity index (χ1v) is 7.43. The summed E-state index contributed by atoms with van der Waals surface area (Å²) in [7, 11) is 3.05. The number of nitrogens with zero attached hydrogens (tertiary/aromatic N) is 2. The van der Waals surface area contributed by atoms with Gasteiger partial charge in [0.25, 0.3) is 5.91 Å². The van der Waals surface area contributed by atoms with Crippen LogP contribution in [0.4, 0.5) is 5.13 Å². The molecule has 2 aromatic rings. The summed E-state index contributed by atoms with van der Waals surface area (Å²) >= 11 is 1.27. The Kier molecular flexibility index (Phi) is 5.68. The van der Waals surface area contributed by atoms with Crippen molar-refractivity contribution in [3.63, 3.8) is 0 Å². The maximum Gasteiger partial charge on any atom is 0.261 e. The van der Waals surface area contributed by atoms with Crippen molar-refractivity contribution < 1.29 is 19.0 Å². The largest absolute Gasteiger partial charge is 0.497 e. The highest BCUT2D eigenvalue weighted by atomic mass is 32.1. The van der Waals surface area contributed by atoms with Gasteiger partial charge >= 0.3 is 0 Å². The van der Waals surface area contributed by atoms with Crippen LogP contribution in [0.2, 0.25) is 0 Å². The molecule has 1 amide bonds. The molecule has 0 aliphatic rings. The maximum atomic E-state index is 12.3. The number of aromatic nitrogens is 2. The SMILES string of the molecule is CCOCc1nnc(NC(=O)c2ccc(OC)cc2OC)s1. The number of ether oxygens (including phenoxy) is 3. The summed E-state index contributed by atoms with van der Waals surface area (Å²) in [4.78, 5) is 12.3. The van der Waals surface area contributed by atoms with E-state index < -0.39 is 0 Å². The monoisotopic (exact) mass is 323 g/mol. The van der Waals surface area contributed by atoms with Gasteiger partial charge in [-0.2, -0.15) is 0 Å². The number of nitrogens with one attached hydrogen (secondary N) is 1. The van der Waals surface area contributed by atoms with Gasteiger partial charge in [-0.25, -0.2) is 0 Å². The molecule has 1 heterocycles. The third-order valence-electron chi connectivity index (χ3n) is 2.77. The predicted molar refractivity (Wildman–Crippen MR) is 82.7 cm³/mol. The van der Waals surface area contributed by atoms with Crippen LogP contribution in [0.15, 0.2) is 18.2 Å². The number of carbonyl (C=O) groups excluding carboxylic acids is 1. The molecule has 118 valence electrons. The van der Waals surface area contributed by atoms with Gasteiger partial charge in [0.15, 0.2) is 0 Å². The molecule has 7 nitrogen and oxygen atoms in total. The van der Waals surface area contributed by atoms with E-state index in [1.807, 2.05) is 6.92 Å². The number of rotatable bonds is 7. The van der Waals surface area contributed by atoms with E-state index in [1.54, 1.807) is 25.3 Å². The number of carbonyl (C=O) groups is 1. The summed E-state index contributed by atoms with van der Waals surface area (Å²) in [6, 6.07) is 4.97. The first-order valence-electron chi connectivity index (χ1n) is 6.61. The second-order valence-corrected chi connectivity index (χ2v) is 5.22. The molecule has 0 fully saturated rings. The Labute approximate surface area is 132 Å². The molecule has 2 rings (SSSR count).